The topological polar surface area (TPSA) is 29.5 Å². The second-order valence-corrected chi connectivity index (χ2v) is 4.13. The first-order valence-electron chi connectivity index (χ1n) is 4.53. The highest BCUT2D eigenvalue weighted by atomic mass is 16.6. The highest BCUT2D eigenvalue weighted by Crippen LogP contribution is 2.08. The van der Waals surface area contributed by atoms with E-state index in [1.165, 1.54) is 0 Å². The molecule has 0 saturated carbocycles. The second-order valence-electron chi connectivity index (χ2n) is 4.13. The summed E-state index contributed by atoms with van der Waals surface area (Å²) in [4.78, 5) is 13.0. The molecule has 0 N–H and O–H groups in total. The third-order valence-corrected chi connectivity index (χ3v) is 1.43. The zero-order valence-electron chi connectivity index (χ0n) is 9.46. The van der Waals surface area contributed by atoms with E-state index in [9.17, 15) is 4.79 Å². The Morgan fingerprint density at radius 1 is 1.50 bits per heavy atom. The molecule has 3 nitrogen and oxygen atoms in total. The van der Waals surface area contributed by atoms with Crippen LogP contribution in [-0.4, -0.2) is 23.0 Å². The normalized spacial score (nSPS) is 10.6. The number of rotatable bonds is 4. The van der Waals surface area contributed by atoms with Gasteiger partial charge in [-0.2, -0.15) is 0 Å². The van der Waals surface area contributed by atoms with Crippen LogP contribution in [0, 0.1) is 0 Å². The van der Waals surface area contributed by atoms with Crippen LogP contribution in [0.5, 0.6) is 0 Å². The summed E-state index contributed by atoms with van der Waals surface area (Å²) >= 11 is 0. The number of allylic oxidation sites excluding steroid dienone is 1. The zero-order valence-corrected chi connectivity index (χ0v) is 9.46. The number of ether oxygens (including phenoxy) is 1. The van der Waals surface area contributed by atoms with Crippen LogP contribution in [0.2, 0.25) is 0 Å². The third-order valence-electron chi connectivity index (χ3n) is 1.43. The maximum atomic E-state index is 11.4. The second kappa shape index (κ2) is 4.84. The van der Waals surface area contributed by atoms with Gasteiger partial charge >= 0.3 is 5.97 Å². The highest BCUT2D eigenvalue weighted by molar-refractivity contribution is 5.72. The summed E-state index contributed by atoms with van der Waals surface area (Å²) in [6.45, 7) is 14.8. The lowest BCUT2D eigenvalue weighted by Crippen LogP contribution is -2.31. The Morgan fingerprint density at radius 2 is 2.00 bits per heavy atom. The number of hydrogen-bond donors (Lipinski definition) is 0. The fourth-order valence-corrected chi connectivity index (χ4v) is 0.868. The quantitative estimate of drug-likeness (QED) is 0.648. The van der Waals surface area contributed by atoms with Crippen molar-refractivity contribution in [1.29, 1.82) is 0 Å². The Balaban J connectivity index is 4.18. The van der Waals surface area contributed by atoms with Crippen molar-refractivity contribution in [3.63, 3.8) is 0 Å². The molecule has 0 rings (SSSR count). The van der Waals surface area contributed by atoms with E-state index >= 15 is 0 Å². The molecular weight excluding hydrogens is 178 g/mol. The molecule has 0 radical (unpaired) electrons. The van der Waals surface area contributed by atoms with Crippen LogP contribution in [-0.2, 0) is 9.53 Å². The number of esters is 1. The van der Waals surface area contributed by atoms with Crippen LogP contribution in [0.1, 0.15) is 27.7 Å². The van der Waals surface area contributed by atoms with Crippen LogP contribution >= 0.6 is 0 Å². The molecule has 0 aromatic carbocycles. The molecule has 0 aliphatic heterocycles. The van der Waals surface area contributed by atoms with Crippen LogP contribution in [0.4, 0.5) is 0 Å². The molecule has 0 aliphatic rings. The van der Waals surface area contributed by atoms with Gasteiger partial charge in [0.2, 0.25) is 0 Å². The predicted molar refractivity (Wildman–Crippen MR) is 57.6 cm³/mol. The first-order chi connectivity index (χ1) is 6.26. The SMILES string of the molecule is C=CN(CC(=O)OC(C)(C)C)C(=C)C. The van der Waals surface area contributed by atoms with Gasteiger partial charge < -0.3 is 9.64 Å². The van der Waals surface area contributed by atoms with Gasteiger partial charge in [-0.3, -0.25) is 4.79 Å². The highest BCUT2D eigenvalue weighted by Gasteiger charge is 2.17. The smallest absolute Gasteiger partial charge is 0.326 e. The van der Waals surface area contributed by atoms with E-state index in [4.69, 9.17) is 4.74 Å². The maximum Gasteiger partial charge on any atom is 0.326 e. The van der Waals surface area contributed by atoms with Gasteiger partial charge in [-0.05, 0) is 33.9 Å². The molecule has 0 bridgehead atoms. The number of carbonyl (C=O) groups is 1. The fraction of sp³-hybridized carbons (Fsp3) is 0.545. The Bertz CT molecular complexity index is 238. The van der Waals surface area contributed by atoms with Gasteiger partial charge in [0.15, 0.2) is 0 Å². The van der Waals surface area contributed by atoms with Gasteiger partial charge in [0, 0.05) is 5.70 Å². The number of hydrogen-bond acceptors (Lipinski definition) is 3. The Labute approximate surface area is 86.0 Å². The lowest BCUT2D eigenvalue weighted by atomic mass is 10.2. The number of carbonyl (C=O) groups excluding carboxylic acids is 1. The largest absolute Gasteiger partial charge is 0.459 e. The van der Waals surface area contributed by atoms with Crippen molar-refractivity contribution in [2.75, 3.05) is 6.54 Å². The monoisotopic (exact) mass is 197 g/mol. The van der Waals surface area contributed by atoms with Crippen molar-refractivity contribution >= 4 is 5.97 Å². The summed E-state index contributed by atoms with van der Waals surface area (Å²) < 4.78 is 5.15. The van der Waals surface area contributed by atoms with Gasteiger partial charge in [-0.25, -0.2) is 0 Å². The van der Waals surface area contributed by atoms with E-state index in [1.54, 1.807) is 11.1 Å². The standard InChI is InChI=1S/C11H19NO2/c1-7-12(9(2)3)8-10(13)14-11(4,5)6/h7H,1-2,8H2,3-6H3. The van der Waals surface area contributed by atoms with Gasteiger partial charge in [0.1, 0.15) is 12.1 Å². The molecule has 80 valence electrons. The average molecular weight is 197 g/mol. The van der Waals surface area contributed by atoms with E-state index in [0.717, 1.165) is 5.70 Å². The maximum absolute atomic E-state index is 11.4. The van der Waals surface area contributed by atoms with Gasteiger partial charge in [0.05, 0.1) is 0 Å². The van der Waals surface area contributed by atoms with E-state index in [-0.39, 0.29) is 12.5 Å². The summed E-state index contributed by atoms with van der Waals surface area (Å²) in [7, 11) is 0. The fourth-order valence-electron chi connectivity index (χ4n) is 0.868. The molecule has 0 aliphatic carbocycles. The van der Waals surface area contributed by atoms with E-state index in [0.29, 0.717) is 0 Å². The van der Waals surface area contributed by atoms with Crippen molar-refractivity contribution < 1.29 is 9.53 Å². The lowest BCUT2D eigenvalue weighted by Gasteiger charge is -2.23. The van der Waals surface area contributed by atoms with Crippen LogP contribution < -0.4 is 0 Å². The van der Waals surface area contributed by atoms with Crippen LogP contribution in [0.25, 0.3) is 0 Å². The van der Waals surface area contributed by atoms with E-state index < -0.39 is 5.60 Å². The van der Waals surface area contributed by atoms with E-state index in [1.807, 2.05) is 27.7 Å². The molecule has 0 saturated heterocycles. The minimum atomic E-state index is -0.445. The van der Waals surface area contributed by atoms with Crippen molar-refractivity contribution in [3.8, 4) is 0 Å². The predicted octanol–water partition coefficient (Wildman–Crippen LogP) is 2.31. The summed E-state index contributed by atoms with van der Waals surface area (Å²) in [6, 6.07) is 0. The molecule has 0 unspecified atom stereocenters. The molecule has 3 heteroatoms. The molecule has 0 spiro atoms. The lowest BCUT2D eigenvalue weighted by molar-refractivity contribution is -0.155. The average Bonchev–Trinajstić information content (AvgIpc) is 1.96. The van der Waals surface area contributed by atoms with Crippen molar-refractivity contribution in [2.24, 2.45) is 0 Å². The van der Waals surface area contributed by atoms with Crippen LogP contribution in [0.15, 0.2) is 25.1 Å². The summed E-state index contributed by atoms with van der Waals surface area (Å²) in [5, 5.41) is 0. The molecule has 0 amide bonds. The van der Waals surface area contributed by atoms with E-state index in [2.05, 4.69) is 13.2 Å². The zero-order chi connectivity index (χ0) is 11.4. The molecule has 0 aromatic heterocycles. The Morgan fingerprint density at radius 3 is 2.29 bits per heavy atom. The first-order valence-corrected chi connectivity index (χ1v) is 4.53. The van der Waals surface area contributed by atoms with Crippen molar-refractivity contribution in [2.45, 2.75) is 33.3 Å². The summed E-state index contributed by atoms with van der Waals surface area (Å²) in [6.07, 6.45) is 1.56. The van der Waals surface area contributed by atoms with Crippen molar-refractivity contribution in [3.05, 3.63) is 25.1 Å². The van der Waals surface area contributed by atoms with Gasteiger partial charge in [-0.1, -0.05) is 13.2 Å². The third kappa shape index (κ3) is 5.41. The minimum Gasteiger partial charge on any atom is -0.459 e. The van der Waals surface area contributed by atoms with Crippen LogP contribution in [0.3, 0.4) is 0 Å². The molecular formula is C11H19NO2. The summed E-state index contributed by atoms with van der Waals surface area (Å²) in [5.41, 5.74) is 0.324. The Kier molecular flexibility index (Phi) is 4.41. The Hall–Kier alpha value is -1.25. The molecule has 14 heavy (non-hydrogen) atoms. The van der Waals surface area contributed by atoms with Gasteiger partial charge in [0.25, 0.3) is 0 Å². The first kappa shape index (κ1) is 12.8. The molecule has 0 atom stereocenters. The van der Waals surface area contributed by atoms with Crippen molar-refractivity contribution in [1.82, 2.24) is 4.90 Å². The molecule has 0 aromatic rings. The minimum absolute atomic E-state index is 0.163. The molecule has 0 heterocycles. The number of nitrogens with zero attached hydrogens (tertiary/aromatic N) is 1. The molecule has 0 fully saturated rings. The van der Waals surface area contributed by atoms with Gasteiger partial charge in [-0.15, -0.1) is 0 Å². The summed E-state index contributed by atoms with van der Waals surface area (Å²) in [5.74, 6) is -0.277.